The van der Waals surface area contributed by atoms with E-state index < -0.39 is 61.5 Å². The van der Waals surface area contributed by atoms with E-state index in [-0.39, 0.29) is 0 Å². The van der Waals surface area contributed by atoms with Crippen molar-refractivity contribution in [2.24, 2.45) is 5.92 Å². The zero-order valence-electron chi connectivity index (χ0n) is 10.8. The summed E-state index contributed by atoms with van der Waals surface area (Å²) < 4.78 is 5.21. The first-order valence-corrected chi connectivity index (χ1v) is 6.06. The molecule has 1 fully saturated rings. The fraction of sp³-hybridized carbons (Fsp3) is 0.818. The molecule has 1 heterocycles. The molecule has 9 heteroatoms. The maximum Gasteiger partial charge on any atom is 0.323 e. The minimum Gasteiger partial charge on any atom is -0.480 e. The molecular formula is C11H19NO8. The first-order valence-electron chi connectivity index (χ1n) is 6.06. The van der Waals surface area contributed by atoms with Crippen LogP contribution < -0.4 is 5.32 Å². The summed E-state index contributed by atoms with van der Waals surface area (Å²) in [5.41, 5.74) is 0. The predicted molar refractivity (Wildman–Crippen MR) is 63.6 cm³/mol. The lowest BCUT2D eigenvalue weighted by Crippen LogP contribution is -2.63. The average molecular weight is 293 g/mol. The third-order valence-electron chi connectivity index (χ3n) is 3.24. The van der Waals surface area contributed by atoms with E-state index in [1.165, 1.54) is 0 Å². The number of carbonyl (C=O) groups excluding carboxylic acids is 1. The van der Waals surface area contributed by atoms with E-state index in [2.05, 4.69) is 5.32 Å². The number of hydrogen-bond acceptors (Lipinski definition) is 8. The Hall–Kier alpha value is -1.10. The van der Waals surface area contributed by atoms with Gasteiger partial charge in [-0.1, -0.05) is 0 Å². The molecule has 0 aromatic rings. The summed E-state index contributed by atoms with van der Waals surface area (Å²) in [7, 11) is 0. The van der Waals surface area contributed by atoms with Crippen LogP contribution in [-0.4, -0.2) is 81.1 Å². The molecule has 0 unspecified atom stereocenters. The number of carboxylic acid groups (broad SMARTS) is 1. The fourth-order valence-electron chi connectivity index (χ4n) is 2.11. The monoisotopic (exact) mass is 293 g/mol. The number of carboxylic acids is 1. The quantitative estimate of drug-likeness (QED) is 0.294. The number of hydrogen-bond donors (Lipinski definition) is 6. The van der Waals surface area contributed by atoms with Gasteiger partial charge in [-0.2, -0.15) is 0 Å². The van der Waals surface area contributed by atoms with E-state index in [1.54, 1.807) is 0 Å². The molecule has 1 rings (SSSR count). The molecule has 1 aliphatic rings. The predicted octanol–water partition coefficient (Wildman–Crippen LogP) is -3.33. The van der Waals surface area contributed by atoms with Crippen LogP contribution in [-0.2, 0) is 14.3 Å². The van der Waals surface area contributed by atoms with Gasteiger partial charge in [-0.3, -0.25) is 14.9 Å². The molecule has 0 bridgehead atoms. The first kappa shape index (κ1) is 17.0. The Labute approximate surface area is 114 Å². The molecule has 0 spiro atoms. The van der Waals surface area contributed by atoms with Gasteiger partial charge in [0.05, 0.1) is 25.2 Å². The smallest absolute Gasteiger partial charge is 0.323 e. The van der Waals surface area contributed by atoms with Crippen molar-refractivity contribution in [1.29, 1.82) is 0 Å². The molecule has 6 atom stereocenters. The molecule has 6 N–H and O–H groups in total. The van der Waals surface area contributed by atoms with Gasteiger partial charge in [0, 0.05) is 0 Å². The summed E-state index contributed by atoms with van der Waals surface area (Å²) in [4.78, 5) is 22.4. The minimum atomic E-state index is -1.51. The Kier molecular flexibility index (Phi) is 5.99. The van der Waals surface area contributed by atoms with Crippen LogP contribution in [0.1, 0.15) is 6.92 Å². The largest absolute Gasteiger partial charge is 0.480 e. The molecule has 116 valence electrons. The Bertz CT molecular complexity index is 362. The fourth-order valence-corrected chi connectivity index (χ4v) is 2.11. The lowest BCUT2D eigenvalue weighted by molar-refractivity contribution is -0.217. The van der Waals surface area contributed by atoms with E-state index in [0.717, 1.165) is 6.92 Å². The molecule has 0 radical (unpaired) electrons. The van der Waals surface area contributed by atoms with E-state index in [4.69, 9.17) is 20.1 Å². The summed E-state index contributed by atoms with van der Waals surface area (Å²) in [6, 6.07) is -1.40. The van der Waals surface area contributed by atoms with Crippen LogP contribution in [0.15, 0.2) is 0 Å². The van der Waals surface area contributed by atoms with Crippen molar-refractivity contribution in [3.63, 3.8) is 0 Å². The first-order chi connectivity index (χ1) is 9.33. The highest BCUT2D eigenvalue weighted by molar-refractivity contribution is 5.80. The molecule has 0 aromatic carbocycles. The van der Waals surface area contributed by atoms with Crippen molar-refractivity contribution in [2.75, 3.05) is 13.2 Å². The van der Waals surface area contributed by atoms with Gasteiger partial charge in [-0.25, -0.2) is 0 Å². The Morgan fingerprint density at radius 3 is 2.25 bits per heavy atom. The van der Waals surface area contributed by atoms with Gasteiger partial charge in [-0.05, 0) is 6.92 Å². The third kappa shape index (κ3) is 3.51. The van der Waals surface area contributed by atoms with Gasteiger partial charge in [0.25, 0.3) is 0 Å². The number of ether oxygens (including phenoxy) is 1. The van der Waals surface area contributed by atoms with Crippen molar-refractivity contribution in [3.8, 4) is 0 Å². The van der Waals surface area contributed by atoms with Crippen molar-refractivity contribution in [3.05, 3.63) is 0 Å². The lowest BCUT2D eigenvalue weighted by Gasteiger charge is -2.42. The van der Waals surface area contributed by atoms with Crippen LogP contribution in [0.25, 0.3) is 0 Å². The molecule has 1 saturated heterocycles. The molecular weight excluding hydrogens is 274 g/mol. The maximum atomic E-state index is 11.5. The van der Waals surface area contributed by atoms with E-state index in [1.807, 2.05) is 0 Å². The van der Waals surface area contributed by atoms with Gasteiger partial charge < -0.3 is 30.3 Å². The van der Waals surface area contributed by atoms with E-state index in [0.29, 0.717) is 0 Å². The topological polar surface area (TPSA) is 157 Å². The number of carbonyl (C=O) groups is 2. The molecule has 0 saturated carbocycles. The molecule has 1 aliphatic heterocycles. The van der Waals surface area contributed by atoms with Gasteiger partial charge in [-0.15, -0.1) is 0 Å². The summed E-state index contributed by atoms with van der Waals surface area (Å²) in [6.07, 6.45) is -5.38. The highest BCUT2D eigenvalue weighted by Gasteiger charge is 2.47. The molecule has 9 nitrogen and oxygen atoms in total. The number of aliphatic hydroxyl groups excluding tert-OH is 4. The van der Waals surface area contributed by atoms with Crippen LogP contribution >= 0.6 is 0 Å². The summed E-state index contributed by atoms with van der Waals surface area (Å²) >= 11 is 0. The zero-order valence-corrected chi connectivity index (χ0v) is 10.8. The second kappa shape index (κ2) is 7.07. The number of ketones is 1. The highest BCUT2D eigenvalue weighted by atomic mass is 16.5. The Balaban J connectivity index is 2.93. The molecule has 20 heavy (non-hydrogen) atoms. The van der Waals surface area contributed by atoms with Gasteiger partial charge in [0.1, 0.15) is 30.3 Å². The van der Waals surface area contributed by atoms with E-state index in [9.17, 15) is 19.8 Å². The van der Waals surface area contributed by atoms with Crippen molar-refractivity contribution in [2.45, 2.75) is 37.5 Å². The van der Waals surface area contributed by atoms with Crippen LogP contribution in [0.3, 0.4) is 0 Å². The standard InChI is InChI=1S/C11H19NO8/c1-4(15)7-9(17)8(16)6(3-14)20-10(7)12-5(2-13)11(18)19/h5-10,12-14,16-17H,2-3H2,1H3,(H,18,19)/t5-,6+,7+,8+,9+,10+/m0/s1. The number of nitrogens with one attached hydrogen (secondary N) is 1. The summed E-state index contributed by atoms with van der Waals surface area (Å²) in [5.74, 6) is -3.09. The van der Waals surface area contributed by atoms with Gasteiger partial charge in [0.2, 0.25) is 0 Å². The second-order valence-electron chi connectivity index (χ2n) is 4.64. The van der Waals surface area contributed by atoms with Gasteiger partial charge in [0.15, 0.2) is 0 Å². The minimum absolute atomic E-state index is 0.521. The van der Waals surface area contributed by atoms with Crippen molar-refractivity contribution in [1.82, 2.24) is 5.32 Å². The summed E-state index contributed by atoms with van der Waals surface area (Å²) in [5, 5.41) is 48.8. The SMILES string of the molecule is CC(=O)[C@@H]1[C@@H](O)[C@H](O)[C@@H](CO)O[C@H]1N[C@@H](CO)C(=O)O. The summed E-state index contributed by atoms with van der Waals surface area (Å²) in [6.45, 7) is -0.202. The molecule has 0 amide bonds. The maximum absolute atomic E-state index is 11.5. The van der Waals surface area contributed by atoms with Crippen molar-refractivity contribution >= 4 is 11.8 Å². The van der Waals surface area contributed by atoms with Crippen LogP contribution in [0.2, 0.25) is 0 Å². The third-order valence-corrected chi connectivity index (χ3v) is 3.24. The van der Waals surface area contributed by atoms with Crippen LogP contribution in [0.4, 0.5) is 0 Å². The highest BCUT2D eigenvalue weighted by Crippen LogP contribution is 2.26. The molecule has 0 aromatic heterocycles. The number of rotatable bonds is 6. The van der Waals surface area contributed by atoms with Crippen LogP contribution in [0.5, 0.6) is 0 Å². The average Bonchev–Trinajstić information content (AvgIpc) is 2.38. The number of Topliss-reactive ketones (excluding diaryl/α,β-unsaturated/α-hetero) is 1. The number of aliphatic carboxylic acids is 1. The second-order valence-corrected chi connectivity index (χ2v) is 4.64. The lowest BCUT2D eigenvalue weighted by atomic mass is 9.87. The van der Waals surface area contributed by atoms with E-state index >= 15 is 0 Å². The zero-order chi connectivity index (χ0) is 15.4. The normalized spacial score (nSPS) is 35.5. The number of aliphatic hydroxyl groups is 4. The Morgan fingerprint density at radius 2 is 1.85 bits per heavy atom. The van der Waals surface area contributed by atoms with Crippen molar-refractivity contribution < 1.29 is 39.9 Å². The Morgan fingerprint density at radius 1 is 1.25 bits per heavy atom. The van der Waals surface area contributed by atoms with Crippen LogP contribution in [0, 0.1) is 5.92 Å². The molecule has 0 aliphatic carbocycles. The van der Waals surface area contributed by atoms with Gasteiger partial charge >= 0.3 is 5.97 Å².